The molecule has 0 saturated carbocycles. The summed E-state index contributed by atoms with van der Waals surface area (Å²) in [7, 11) is 4.16. The van der Waals surface area contributed by atoms with Gasteiger partial charge in [0.05, 0.1) is 11.6 Å². The summed E-state index contributed by atoms with van der Waals surface area (Å²) in [5, 5.41) is 0. The zero-order chi connectivity index (χ0) is 14.9. The minimum absolute atomic E-state index is 0.145. The van der Waals surface area contributed by atoms with Gasteiger partial charge in [-0.25, -0.2) is 0 Å². The molecule has 2 rings (SSSR count). The number of para-hydroxylation sites is 1. The number of likely N-dealkylation sites (N-methyl/N-ethyl adjacent to an activating group) is 1. The number of benzene rings is 1. The second-order valence-electron chi connectivity index (χ2n) is 5.67. The smallest absolute Gasteiger partial charge is 0.178 e. The summed E-state index contributed by atoms with van der Waals surface area (Å²) in [5.41, 5.74) is 2.08. The quantitative estimate of drug-likeness (QED) is 0.857. The molecular weight excluding hydrogens is 270 g/mol. The van der Waals surface area contributed by atoms with Crippen molar-refractivity contribution in [1.29, 1.82) is 0 Å². The van der Waals surface area contributed by atoms with Gasteiger partial charge >= 0.3 is 0 Å². The predicted octanol–water partition coefficient (Wildman–Crippen LogP) is 3.44. The predicted molar refractivity (Wildman–Crippen MR) is 86.0 cm³/mol. The van der Waals surface area contributed by atoms with Crippen molar-refractivity contribution < 1.29 is 4.74 Å². The van der Waals surface area contributed by atoms with Crippen molar-refractivity contribution in [3.05, 3.63) is 23.0 Å². The minimum Gasteiger partial charge on any atom is -0.489 e. The molecule has 20 heavy (non-hydrogen) atoms. The number of nitrogens with zero attached hydrogens (tertiary/aromatic N) is 2. The van der Waals surface area contributed by atoms with Crippen molar-refractivity contribution in [3.63, 3.8) is 0 Å². The summed E-state index contributed by atoms with van der Waals surface area (Å²) >= 11 is 5.46. The maximum Gasteiger partial charge on any atom is 0.178 e. The number of nitrogens with one attached hydrogen (secondary N) is 1. The summed E-state index contributed by atoms with van der Waals surface area (Å²) in [6.07, 6.45) is 0.145. The number of imidazole rings is 1. The van der Waals surface area contributed by atoms with Crippen LogP contribution in [0.2, 0.25) is 0 Å². The number of hydrogen-bond donors (Lipinski definition) is 1. The zero-order valence-corrected chi connectivity index (χ0v) is 13.6. The third-order valence-electron chi connectivity index (χ3n) is 3.46. The lowest BCUT2D eigenvalue weighted by atomic mass is 10.2. The second kappa shape index (κ2) is 5.97. The Morgan fingerprint density at radius 1 is 1.30 bits per heavy atom. The van der Waals surface area contributed by atoms with Crippen LogP contribution < -0.4 is 4.74 Å². The Morgan fingerprint density at radius 2 is 2.00 bits per heavy atom. The van der Waals surface area contributed by atoms with Gasteiger partial charge in [0.25, 0.3) is 0 Å². The van der Waals surface area contributed by atoms with E-state index >= 15 is 0 Å². The molecule has 0 amide bonds. The molecule has 5 heteroatoms. The highest BCUT2D eigenvalue weighted by Crippen LogP contribution is 2.26. The highest BCUT2D eigenvalue weighted by Gasteiger charge is 2.13. The van der Waals surface area contributed by atoms with E-state index < -0.39 is 0 Å². The first-order valence-electron chi connectivity index (χ1n) is 6.94. The van der Waals surface area contributed by atoms with Gasteiger partial charge in [-0.2, -0.15) is 0 Å². The topological polar surface area (TPSA) is 33.2 Å². The number of aromatic amines is 1. The Labute approximate surface area is 125 Å². The summed E-state index contributed by atoms with van der Waals surface area (Å²) in [6.45, 7) is 7.10. The lowest BCUT2D eigenvalue weighted by Gasteiger charge is -2.20. The van der Waals surface area contributed by atoms with E-state index in [9.17, 15) is 0 Å². The van der Waals surface area contributed by atoms with Gasteiger partial charge in [0.2, 0.25) is 0 Å². The maximum atomic E-state index is 5.85. The fraction of sp³-hybridized carbons (Fsp3) is 0.533. The number of fused-ring (bicyclic) bond motifs is 1. The lowest BCUT2D eigenvalue weighted by molar-refractivity contribution is 0.245. The van der Waals surface area contributed by atoms with Gasteiger partial charge in [-0.3, -0.25) is 0 Å². The van der Waals surface area contributed by atoms with Crippen molar-refractivity contribution in [2.75, 3.05) is 14.1 Å². The molecule has 1 heterocycles. The SMILES string of the molecule is CC(C)Oc1cccc2c1[nH]c(=S)n2CC(C)N(C)C. The van der Waals surface area contributed by atoms with E-state index in [1.165, 1.54) is 0 Å². The average molecular weight is 293 g/mol. The number of hydrogen-bond acceptors (Lipinski definition) is 3. The molecule has 0 fully saturated rings. The molecule has 0 aliphatic carbocycles. The molecule has 0 aliphatic heterocycles. The summed E-state index contributed by atoms with van der Waals surface area (Å²) in [4.78, 5) is 5.47. The number of ether oxygens (including phenoxy) is 1. The summed E-state index contributed by atoms with van der Waals surface area (Å²) < 4.78 is 8.73. The van der Waals surface area contributed by atoms with Crippen molar-refractivity contribution >= 4 is 23.3 Å². The van der Waals surface area contributed by atoms with E-state index in [1.54, 1.807) is 0 Å². The molecule has 1 aromatic heterocycles. The molecule has 1 aromatic carbocycles. The fourth-order valence-corrected chi connectivity index (χ4v) is 2.39. The Morgan fingerprint density at radius 3 is 2.60 bits per heavy atom. The first kappa shape index (κ1) is 15.1. The summed E-state index contributed by atoms with van der Waals surface area (Å²) in [6, 6.07) is 6.49. The molecule has 110 valence electrons. The molecule has 0 saturated heterocycles. The maximum absolute atomic E-state index is 5.85. The zero-order valence-electron chi connectivity index (χ0n) is 12.8. The van der Waals surface area contributed by atoms with E-state index in [-0.39, 0.29) is 6.10 Å². The van der Waals surface area contributed by atoms with Gasteiger partial charge in [-0.1, -0.05) is 6.07 Å². The summed E-state index contributed by atoms with van der Waals surface area (Å²) in [5.74, 6) is 0.861. The molecular formula is C15H23N3OS. The fourth-order valence-electron chi connectivity index (χ4n) is 2.11. The highest BCUT2D eigenvalue weighted by molar-refractivity contribution is 7.71. The van der Waals surface area contributed by atoms with Gasteiger partial charge in [0.15, 0.2) is 4.77 Å². The van der Waals surface area contributed by atoms with E-state index in [4.69, 9.17) is 17.0 Å². The number of aromatic nitrogens is 2. The molecule has 0 spiro atoms. The Bertz CT molecular complexity index is 642. The average Bonchev–Trinajstić information content (AvgIpc) is 2.67. The van der Waals surface area contributed by atoms with Gasteiger partial charge < -0.3 is 19.2 Å². The first-order chi connectivity index (χ1) is 9.40. The third kappa shape index (κ3) is 3.04. The van der Waals surface area contributed by atoms with Crippen LogP contribution in [0.3, 0.4) is 0 Å². The molecule has 1 N–H and O–H groups in total. The second-order valence-corrected chi connectivity index (χ2v) is 6.06. The molecule has 0 radical (unpaired) electrons. The molecule has 2 aromatic rings. The van der Waals surface area contributed by atoms with E-state index in [0.717, 1.165) is 28.1 Å². The third-order valence-corrected chi connectivity index (χ3v) is 3.79. The van der Waals surface area contributed by atoms with Crippen molar-refractivity contribution in [3.8, 4) is 5.75 Å². The van der Waals surface area contributed by atoms with Crippen LogP contribution in [-0.4, -0.2) is 40.7 Å². The van der Waals surface area contributed by atoms with Crippen LogP contribution in [0.5, 0.6) is 5.75 Å². The van der Waals surface area contributed by atoms with Gasteiger partial charge in [0.1, 0.15) is 11.3 Å². The lowest BCUT2D eigenvalue weighted by Crippen LogP contribution is -2.29. The molecule has 0 bridgehead atoms. The van der Waals surface area contributed by atoms with Crippen molar-refractivity contribution in [2.45, 2.75) is 39.5 Å². The van der Waals surface area contributed by atoms with Crippen LogP contribution in [-0.2, 0) is 6.54 Å². The van der Waals surface area contributed by atoms with Crippen molar-refractivity contribution in [2.24, 2.45) is 0 Å². The van der Waals surface area contributed by atoms with Crippen LogP contribution in [0, 0.1) is 4.77 Å². The van der Waals surface area contributed by atoms with E-state index in [1.807, 2.05) is 26.0 Å². The van der Waals surface area contributed by atoms with E-state index in [2.05, 4.69) is 41.5 Å². The Hall–Kier alpha value is -1.33. The van der Waals surface area contributed by atoms with Gasteiger partial charge in [-0.05, 0) is 59.2 Å². The van der Waals surface area contributed by atoms with Gasteiger partial charge in [-0.15, -0.1) is 0 Å². The largest absolute Gasteiger partial charge is 0.489 e. The molecule has 1 atom stereocenters. The van der Waals surface area contributed by atoms with Crippen LogP contribution in [0.25, 0.3) is 11.0 Å². The van der Waals surface area contributed by atoms with Crippen molar-refractivity contribution in [1.82, 2.24) is 14.5 Å². The Kier molecular flexibility index (Phi) is 4.50. The normalized spacial score (nSPS) is 13.3. The van der Waals surface area contributed by atoms with Crippen LogP contribution in [0.15, 0.2) is 18.2 Å². The number of rotatable bonds is 5. The number of H-pyrrole nitrogens is 1. The Balaban J connectivity index is 2.47. The van der Waals surface area contributed by atoms with Crippen LogP contribution in [0.4, 0.5) is 0 Å². The standard InChI is InChI=1S/C15H23N3OS/c1-10(2)19-13-8-6-7-12-14(13)16-15(20)18(12)9-11(3)17(4)5/h6-8,10-11H,9H2,1-5H3,(H,16,20). The van der Waals surface area contributed by atoms with Gasteiger partial charge in [0, 0.05) is 12.6 Å². The monoisotopic (exact) mass is 293 g/mol. The molecule has 4 nitrogen and oxygen atoms in total. The minimum atomic E-state index is 0.145. The molecule has 0 aliphatic rings. The van der Waals surface area contributed by atoms with Crippen LogP contribution in [0.1, 0.15) is 20.8 Å². The first-order valence-corrected chi connectivity index (χ1v) is 7.35. The van der Waals surface area contributed by atoms with Crippen LogP contribution >= 0.6 is 12.2 Å². The molecule has 1 unspecified atom stereocenters. The van der Waals surface area contributed by atoms with E-state index in [0.29, 0.717) is 6.04 Å². The highest BCUT2D eigenvalue weighted by atomic mass is 32.1.